The Morgan fingerprint density at radius 1 is 1.00 bits per heavy atom. The van der Waals surface area contributed by atoms with E-state index in [2.05, 4.69) is 24.5 Å². The molecule has 4 aliphatic rings. The summed E-state index contributed by atoms with van der Waals surface area (Å²) in [6.45, 7) is 3.13. The van der Waals surface area contributed by atoms with Gasteiger partial charge in [0.1, 0.15) is 18.9 Å². The minimum absolute atomic E-state index is 0.0164. The van der Waals surface area contributed by atoms with Crippen LogP contribution in [0.25, 0.3) is 0 Å². The Hall–Kier alpha value is -2.57. The molecule has 3 fully saturated rings. The van der Waals surface area contributed by atoms with E-state index in [1.807, 2.05) is 36.4 Å². The number of hydrogen-bond acceptors (Lipinski definition) is 4. The fourth-order valence-corrected chi connectivity index (χ4v) is 6.59. The second kappa shape index (κ2) is 7.74. The minimum atomic E-state index is -1.44. The van der Waals surface area contributed by atoms with Gasteiger partial charge in [-0.3, -0.25) is 9.28 Å². The number of ether oxygens (including phenoxy) is 2. The third-order valence-electron chi connectivity index (χ3n) is 8.51. The van der Waals surface area contributed by atoms with Crippen LogP contribution in [0.2, 0.25) is 0 Å². The van der Waals surface area contributed by atoms with Gasteiger partial charge < -0.3 is 19.9 Å². The summed E-state index contributed by atoms with van der Waals surface area (Å²) in [5.41, 5.74) is 0.503. The van der Waals surface area contributed by atoms with E-state index in [0.717, 1.165) is 60.3 Å². The summed E-state index contributed by atoms with van der Waals surface area (Å²) in [6.07, 6.45) is 3.95. The molecule has 6 nitrogen and oxygen atoms in total. The molecule has 5 atom stereocenters. The van der Waals surface area contributed by atoms with Gasteiger partial charge in [-0.1, -0.05) is 43.2 Å². The lowest BCUT2D eigenvalue weighted by atomic mass is 9.79. The number of carbonyl (C=O) groups excluding carboxylic acids is 1. The molecule has 1 saturated heterocycles. The van der Waals surface area contributed by atoms with Crippen molar-refractivity contribution in [2.45, 2.75) is 37.3 Å². The highest BCUT2D eigenvalue weighted by atomic mass is 16.6. The van der Waals surface area contributed by atoms with Crippen LogP contribution in [0.1, 0.15) is 31.2 Å². The largest absolute Gasteiger partial charge is 0.486 e. The number of quaternary nitrogens is 1. The lowest BCUT2D eigenvalue weighted by Gasteiger charge is -2.35. The molecule has 2 aliphatic heterocycles. The van der Waals surface area contributed by atoms with Crippen molar-refractivity contribution in [2.24, 2.45) is 17.8 Å². The molecule has 0 aromatic heterocycles. The summed E-state index contributed by atoms with van der Waals surface area (Å²) in [6, 6.07) is 15.9. The lowest BCUT2D eigenvalue weighted by molar-refractivity contribution is -0.147. The number of rotatable bonds is 5. The van der Waals surface area contributed by atoms with Gasteiger partial charge in [0.25, 0.3) is 5.91 Å². The van der Waals surface area contributed by atoms with E-state index in [1.165, 1.54) is 5.69 Å². The number of hydrogen-bond donors (Lipinski definition) is 2. The van der Waals surface area contributed by atoms with E-state index >= 15 is 0 Å². The van der Waals surface area contributed by atoms with Crippen molar-refractivity contribution in [1.82, 2.24) is 9.80 Å². The van der Waals surface area contributed by atoms with E-state index in [1.54, 1.807) is 0 Å². The van der Waals surface area contributed by atoms with Gasteiger partial charge >= 0.3 is 0 Å². The SMILES string of the molecule is C[N+]1(c2ccc3c(c2)OCCO3)CC2C(NC(=O)C(O)(c3ccccc3)C3CCCC3)[C@@H]2C1. The van der Waals surface area contributed by atoms with Gasteiger partial charge in [0.05, 0.1) is 20.1 Å². The Labute approximate surface area is 195 Å². The average molecular weight is 450 g/mol. The normalized spacial score (nSPS) is 32.1. The molecule has 2 saturated carbocycles. The predicted molar refractivity (Wildman–Crippen MR) is 126 cm³/mol. The molecule has 4 unspecified atom stereocenters. The zero-order valence-electron chi connectivity index (χ0n) is 19.2. The van der Waals surface area contributed by atoms with Gasteiger partial charge in [0, 0.05) is 35.9 Å². The maximum absolute atomic E-state index is 13.5. The third kappa shape index (κ3) is 3.42. The van der Waals surface area contributed by atoms with Crippen LogP contribution in [0, 0.1) is 17.8 Å². The Bertz CT molecular complexity index is 1040. The van der Waals surface area contributed by atoms with Gasteiger partial charge in [-0.2, -0.15) is 0 Å². The van der Waals surface area contributed by atoms with E-state index in [4.69, 9.17) is 9.47 Å². The van der Waals surface area contributed by atoms with Crippen molar-refractivity contribution in [3.05, 3.63) is 54.1 Å². The van der Waals surface area contributed by atoms with Crippen LogP contribution in [0.15, 0.2) is 48.5 Å². The molecule has 2 heterocycles. The van der Waals surface area contributed by atoms with Crippen LogP contribution in [0.4, 0.5) is 5.69 Å². The molecule has 6 heteroatoms. The smallest absolute Gasteiger partial charge is 0.257 e. The maximum atomic E-state index is 13.5. The van der Waals surface area contributed by atoms with E-state index in [9.17, 15) is 9.90 Å². The lowest BCUT2D eigenvalue weighted by Crippen LogP contribution is -2.52. The van der Waals surface area contributed by atoms with Crippen molar-refractivity contribution in [2.75, 3.05) is 33.4 Å². The highest BCUT2D eigenvalue weighted by Crippen LogP contribution is 2.51. The number of aliphatic hydroxyl groups is 1. The number of carbonyl (C=O) groups is 1. The Kier molecular flexibility index (Phi) is 4.93. The fourth-order valence-electron chi connectivity index (χ4n) is 6.59. The van der Waals surface area contributed by atoms with Gasteiger partial charge in [0.15, 0.2) is 17.1 Å². The van der Waals surface area contributed by atoms with Gasteiger partial charge in [0.2, 0.25) is 0 Å². The van der Waals surface area contributed by atoms with Gasteiger partial charge in [-0.15, -0.1) is 0 Å². The molecule has 2 aromatic rings. The van der Waals surface area contributed by atoms with Crippen LogP contribution in [0.5, 0.6) is 11.5 Å². The zero-order chi connectivity index (χ0) is 22.6. The van der Waals surface area contributed by atoms with Crippen molar-refractivity contribution >= 4 is 11.6 Å². The van der Waals surface area contributed by atoms with Crippen LogP contribution in [0.3, 0.4) is 0 Å². The number of amides is 1. The molecule has 0 radical (unpaired) electrons. The van der Waals surface area contributed by atoms with Crippen molar-refractivity contribution < 1.29 is 19.4 Å². The first-order valence-corrected chi connectivity index (χ1v) is 12.3. The first-order valence-electron chi connectivity index (χ1n) is 12.3. The Morgan fingerprint density at radius 2 is 1.67 bits per heavy atom. The number of piperidine rings is 1. The number of nitrogens with zero attached hydrogens (tertiary/aromatic N) is 1. The number of nitrogens with one attached hydrogen (secondary N) is 1. The summed E-state index contributed by atoms with van der Waals surface area (Å²) in [5, 5.41) is 15.0. The Balaban J connectivity index is 1.16. The predicted octanol–water partition coefficient (Wildman–Crippen LogP) is 3.22. The molecule has 33 heavy (non-hydrogen) atoms. The molecule has 174 valence electrons. The van der Waals surface area contributed by atoms with Crippen LogP contribution < -0.4 is 19.3 Å². The number of benzene rings is 2. The van der Waals surface area contributed by atoms with Crippen LogP contribution in [-0.4, -0.2) is 50.4 Å². The Morgan fingerprint density at radius 3 is 2.36 bits per heavy atom. The molecule has 2 aliphatic carbocycles. The maximum Gasteiger partial charge on any atom is 0.257 e. The first-order chi connectivity index (χ1) is 16.0. The molecule has 2 N–H and O–H groups in total. The second-order valence-corrected chi connectivity index (χ2v) is 10.5. The minimum Gasteiger partial charge on any atom is -0.486 e. The standard InChI is InChI=1S/C27H32N2O4/c1-29(20-11-12-23-24(15-20)33-14-13-32-23)16-21-22(17-29)25(21)28-26(30)27(31,19-9-5-6-10-19)18-7-3-2-4-8-18/h2-4,7-8,11-12,15,19,21-22,25,31H,5-6,9-10,13-14,16-17H2,1H3/p+1/t21-,22?,25?,27?,29?/m1/s1. The summed E-state index contributed by atoms with van der Waals surface area (Å²) in [4.78, 5) is 13.5. The molecule has 1 amide bonds. The fraction of sp³-hybridized carbons (Fsp3) is 0.519. The average Bonchev–Trinajstić information content (AvgIpc) is 3.24. The molecule has 6 rings (SSSR count). The molecular weight excluding hydrogens is 416 g/mol. The van der Waals surface area contributed by atoms with Crippen molar-refractivity contribution in [3.8, 4) is 11.5 Å². The molecular formula is C27H33N2O4+. The second-order valence-electron chi connectivity index (χ2n) is 10.5. The van der Waals surface area contributed by atoms with Crippen LogP contribution >= 0.6 is 0 Å². The van der Waals surface area contributed by atoms with E-state index < -0.39 is 5.60 Å². The third-order valence-corrected chi connectivity index (χ3v) is 8.51. The molecule has 0 bridgehead atoms. The quantitative estimate of drug-likeness (QED) is 0.688. The summed E-state index contributed by atoms with van der Waals surface area (Å²) < 4.78 is 12.3. The van der Waals surface area contributed by atoms with Crippen LogP contribution in [-0.2, 0) is 10.4 Å². The van der Waals surface area contributed by atoms with Crippen molar-refractivity contribution in [1.29, 1.82) is 0 Å². The highest BCUT2D eigenvalue weighted by molar-refractivity contribution is 5.87. The van der Waals surface area contributed by atoms with Gasteiger partial charge in [-0.25, -0.2) is 0 Å². The van der Waals surface area contributed by atoms with Gasteiger partial charge in [-0.05, 0) is 24.5 Å². The topological polar surface area (TPSA) is 67.8 Å². The summed E-state index contributed by atoms with van der Waals surface area (Å²) >= 11 is 0. The monoisotopic (exact) mass is 449 g/mol. The zero-order valence-corrected chi connectivity index (χ0v) is 19.2. The van der Waals surface area contributed by atoms with E-state index in [0.29, 0.717) is 25.0 Å². The summed E-state index contributed by atoms with van der Waals surface area (Å²) in [7, 11) is 2.26. The molecule has 0 spiro atoms. The van der Waals surface area contributed by atoms with Crippen molar-refractivity contribution in [3.63, 3.8) is 0 Å². The van der Waals surface area contributed by atoms with E-state index in [-0.39, 0.29) is 17.9 Å². The number of likely N-dealkylation sites (tertiary alicyclic amines) is 1. The first kappa shape index (κ1) is 21.0. The number of fused-ring (bicyclic) bond motifs is 2. The molecule has 2 aromatic carbocycles. The summed E-state index contributed by atoms with van der Waals surface area (Å²) in [5.74, 6) is 2.29. The highest BCUT2D eigenvalue weighted by Gasteiger charge is 2.64.